The van der Waals surface area contributed by atoms with Gasteiger partial charge in [0.25, 0.3) is 0 Å². The Hall–Kier alpha value is -2.47. The van der Waals surface area contributed by atoms with Crippen molar-refractivity contribution in [1.29, 1.82) is 0 Å². The van der Waals surface area contributed by atoms with E-state index in [0.29, 0.717) is 10.9 Å². The first-order valence-electron chi connectivity index (χ1n) is 7.17. The summed E-state index contributed by atoms with van der Waals surface area (Å²) in [5, 5.41) is 3.60. The van der Waals surface area contributed by atoms with E-state index in [0.717, 1.165) is 28.0 Å². The fraction of sp³-hybridized carbons (Fsp3) is 0.176. The number of fused-ring (bicyclic) bond motifs is 1. The van der Waals surface area contributed by atoms with Crippen LogP contribution in [0.3, 0.4) is 0 Å². The van der Waals surface area contributed by atoms with E-state index in [4.69, 9.17) is 4.74 Å². The third-order valence-corrected chi connectivity index (χ3v) is 4.18. The summed E-state index contributed by atoms with van der Waals surface area (Å²) in [6, 6.07) is 13.4. The van der Waals surface area contributed by atoms with E-state index in [-0.39, 0.29) is 5.91 Å². The number of nitrogens with zero attached hydrogens (tertiary/aromatic N) is 1. The summed E-state index contributed by atoms with van der Waals surface area (Å²) in [4.78, 5) is 19.7. The molecule has 0 saturated heterocycles. The molecule has 0 spiro atoms. The lowest BCUT2D eigenvalue weighted by atomic mass is 10.2. The molecule has 0 unspecified atom stereocenters. The van der Waals surface area contributed by atoms with Crippen molar-refractivity contribution in [2.75, 3.05) is 18.2 Å². The average molecular weight is 327 g/mol. The molecule has 0 bridgehead atoms. The van der Waals surface area contributed by atoms with E-state index in [1.165, 1.54) is 11.8 Å². The Morgan fingerprint density at radius 3 is 2.96 bits per heavy atom. The predicted octanol–water partition coefficient (Wildman–Crippen LogP) is 3.61. The number of hydrogen-bond acceptors (Lipinski definition) is 4. The van der Waals surface area contributed by atoms with E-state index < -0.39 is 0 Å². The number of aromatic nitrogens is 2. The number of methoxy groups -OCH3 is 1. The van der Waals surface area contributed by atoms with Crippen molar-refractivity contribution in [2.45, 2.75) is 12.1 Å². The number of ether oxygens (including phenoxy) is 1. The lowest BCUT2D eigenvalue weighted by molar-refractivity contribution is -0.113. The van der Waals surface area contributed by atoms with Gasteiger partial charge in [-0.2, -0.15) is 0 Å². The molecule has 3 rings (SSSR count). The van der Waals surface area contributed by atoms with Crippen molar-refractivity contribution in [2.24, 2.45) is 0 Å². The molecule has 23 heavy (non-hydrogen) atoms. The van der Waals surface area contributed by atoms with E-state index in [2.05, 4.69) is 15.3 Å². The maximum atomic E-state index is 12.0. The molecular weight excluding hydrogens is 310 g/mol. The van der Waals surface area contributed by atoms with Gasteiger partial charge < -0.3 is 15.0 Å². The van der Waals surface area contributed by atoms with Gasteiger partial charge in [-0.05, 0) is 36.8 Å². The molecule has 0 aliphatic rings. The number of H-pyrrole nitrogens is 1. The number of carbonyl (C=O) groups excluding carboxylic acids is 1. The smallest absolute Gasteiger partial charge is 0.234 e. The van der Waals surface area contributed by atoms with Crippen molar-refractivity contribution < 1.29 is 9.53 Å². The van der Waals surface area contributed by atoms with Gasteiger partial charge in [0.1, 0.15) is 5.75 Å². The fourth-order valence-corrected chi connectivity index (χ4v) is 2.90. The molecule has 2 N–H and O–H groups in total. The Morgan fingerprint density at radius 2 is 2.17 bits per heavy atom. The topological polar surface area (TPSA) is 67.0 Å². The first-order chi connectivity index (χ1) is 11.1. The van der Waals surface area contributed by atoms with Crippen LogP contribution in [0.2, 0.25) is 0 Å². The van der Waals surface area contributed by atoms with E-state index in [1.54, 1.807) is 7.11 Å². The molecular formula is C17H17N3O2S. The van der Waals surface area contributed by atoms with Crippen LogP contribution in [-0.2, 0) is 4.79 Å². The van der Waals surface area contributed by atoms with Crippen molar-refractivity contribution in [1.82, 2.24) is 9.97 Å². The Balaban J connectivity index is 1.62. The van der Waals surface area contributed by atoms with Gasteiger partial charge in [-0.15, -0.1) is 0 Å². The number of imidazole rings is 1. The first kappa shape index (κ1) is 15.4. The third kappa shape index (κ3) is 3.84. The van der Waals surface area contributed by atoms with Gasteiger partial charge in [0, 0.05) is 11.8 Å². The summed E-state index contributed by atoms with van der Waals surface area (Å²) < 4.78 is 5.19. The molecule has 0 saturated carbocycles. The number of aryl methyl sites for hydroxylation is 1. The van der Waals surface area contributed by atoms with Gasteiger partial charge >= 0.3 is 0 Å². The number of amides is 1. The zero-order valence-corrected chi connectivity index (χ0v) is 13.7. The molecule has 1 heterocycles. The zero-order valence-electron chi connectivity index (χ0n) is 12.9. The molecule has 1 amide bonds. The first-order valence-corrected chi connectivity index (χ1v) is 8.16. The Kier molecular flexibility index (Phi) is 4.52. The van der Waals surface area contributed by atoms with Crippen molar-refractivity contribution in [3.05, 3.63) is 48.0 Å². The standard InChI is InChI=1S/C17H17N3O2S/c1-11-4-3-5-12(8-11)18-16(21)10-23-17-19-14-7-6-13(22-2)9-15(14)20-17/h3-9H,10H2,1-2H3,(H,18,21)(H,19,20). The second-order valence-electron chi connectivity index (χ2n) is 5.13. The molecule has 0 aliphatic carbocycles. The summed E-state index contributed by atoms with van der Waals surface area (Å²) in [5.74, 6) is 1.01. The average Bonchev–Trinajstić information content (AvgIpc) is 2.94. The van der Waals surface area contributed by atoms with Crippen LogP contribution >= 0.6 is 11.8 Å². The monoisotopic (exact) mass is 327 g/mol. The summed E-state index contributed by atoms with van der Waals surface area (Å²) in [6.45, 7) is 1.99. The van der Waals surface area contributed by atoms with Crippen LogP contribution in [0.25, 0.3) is 11.0 Å². The Bertz CT molecular complexity index is 845. The number of aromatic amines is 1. The fourth-order valence-electron chi connectivity index (χ4n) is 2.21. The van der Waals surface area contributed by atoms with Crippen molar-refractivity contribution >= 4 is 34.4 Å². The predicted molar refractivity (Wildman–Crippen MR) is 93.2 cm³/mol. The third-order valence-electron chi connectivity index (χ3n) is 3.31. The highest BCUT2D eigenvalue weighted by Crippen LogP contribution is 2.23. The number of benzene rings is 2. The molecule has 0 fully saturated rings. The quantitative estimate of drug-likeness (QED) is 0.703. The highest BCUT2D eigenvalue weighted by Gasteiger charge is 2.08. The van der Waals surface area contributed by atoms with Crippen LogP contribution < -0.4 is 10.1 Å². The Labute approximate surface area is 138 Å². The second-order valence-corrected chi connectivity index (χ2v) is 6.10. The summed E-state index contributed by atoms with van der Waals surface area (Å²) in [5.41, 5.74) is 3.67. The molecule has 0 radical (unpaired) electrons. The number of hydrogen-bond donors (Lipinski definition) is 2. The minimum Gasteiger partial charge on any atom is -0.497 e. The Morgan fingerprint density at radius 1 is 1.30 bits per heavy atom. The van der Waals surface area contributed by atoms with Gasteiger partial charge in [-0.25, -0.2) is 4.98 Å². The van der Waals surface area contributed by atoms with E-state index in [9.17, 15) is 4.79 Å². The van der Waals surface area contributed by atoms with E-state index in [1.807, 2.05) is 49.4 Å². The highest BCUT2D eigenvalue weighted by atomic mass is 32.2. The minimum atomic E-state index is -0.0568. The van der Waals surface area contributed by atoms with Crippen LogP contribution in [-0.4, -0.2) is 28.7 Å². The molecule has 0 atom stereocenters. The van der Waals surface area contributed by atoms with Gasteiger partial charge in [0.15, 0.2) is 5.16 Å². The maximum absolute atomic E-state index is 12.0. The normalized spacial score (nSPS) is 10.7. The highest BCUT2D eigenvalue weighted by molar-refractivity contribution is 7.99. The number of nitrogens with one attached hydrogen (secondary N) is 2. The molecule has 3 aromatic rings. The van der Waals surface area contributed by atoms with Gasteiger partial charge in [0.05, 0.1) is 23.9 Å². The SMILES string of the molecule is COc1ccc2nc(SCC(=O)Nc3cccc(C)c3)[nH]c2c1. The molecule has 118 valence electrons. The zero-order chi connectivity index (χ0) is 16.2. The van der Waals surface area contributed by atoms with Gasteiger partial charge in [-0.1, -0.05) is 23.9 Å². The number of carbonyl (C=O) groups is 1. The summed E-state index contributed by atoms with van der Waals surface area (Å²) in [7, 11) is 1.63. The van der Waals surface area contributed by atoms with Crippen LogP contribution in [0.15, 0.2) is 47.6 Å². The molecule has 0 aliphatic heterocycles. The number of thioether (sulfide) groups is 1. The van der Waals surface area contributed by atoms with Gasteiger partial charge in [0.2, 0.25) is 5.91 Å². The van der Waals surface area contributed by atoms with Crippen LogP contribution in [0.4, 0.5) is 5.69 Å². The second kappa shape index (κ2) is 6.75. The van der Waals surface area contributed by atoms with Gasteiger partial charge in [-0.3, -0.25) is 4.79 Å². The number of anilines is 1. The van der Waals surface area contributed by atoms with E-state index >= 15 is 0 Å². The summed E-state index contributed by atoms with van der Waals surface area (Å²) in [6.07, 6.45) is 0. The molecule has 1 aromatic heterocycles. The largest absolute Gasteiger partial charge is 0.497 e. The van der Waals surface area contributed by atoms with Crippen LogP contribution in [0.5, 0.6) is 5.75 Å². The minimum absolute atomic E-state index is 0.0568. The lowest BCUT2D eigenvalue weighted by Gasteiger charge is -2.04. The van der Waals surface area contributed by atoms with Crippen molar-refractivity contribution in [3.8, 4) is 5.75 Å². The van der Waals surface area contributed by atoms with Crippen LogP contribution in [0, 0.1) is 6.92 Å². The molecule has 2 aromatic carbocycles. The molecule has 6 heteroatoms. The maximum Gasteiger partial charge on any atom is 0.234 e. The molecule has 5 nitrogen and oxygen atoms in total. The van der Waals surface area contributed by atoms with Crippen molar-refractivity contribution in [3.63, 3.8) is 0 Å². The number of rotatable bonds is 5. The lowest BCUT2D eigenvalue weighted by Crippen LogP contribution is -2.14. The van der Waals surface area contributed by atoms with Crippen LogP contribution in [0.1, 0.15) is 5.56 Å². The summed E-state index contributed by atoms with van der Waals surface area (Å²) >= 11 is 1.37.